The van der Waals surface area contributed by atoms with Gasteiger partial charge in [0.1, 0.15) is 12.7 Å². The lowest BCUT2D eigenvalue weighted by atomic mass is 11.1. The van der Waals surface area contributed by atoms with E-state index in [0.717, 1.165) is 0 Å². The molecular formula is C3H6N6S. The third-order valence-electron chi connectivity index (χ3n) is 0.674. The van der Waals surface area contributed by atoms with Crippen molar-refractivity contribution in [1.29, 1.82) is 0 Å². The third kappa shape index (κ3) is 2.27. The maximum Gasteiger partial charge on any atom is 0.207 e. The smallest absolute Gasteiger partial charge is 0.207 e. The maximum atomic E-state index is 4.71. The second-order valence-corrected chi connectivity index (χ2v) is 1.77. The number of hydrogen-bond donors (Lipinski definition) is 4. The van der Waals surface area contributed by atoms with Crippen LogP contribution in [0.25, 0.3) is 0 Å². The average Bonchev–Trinajstić information content (AvgIpc) is 2.02. The van der Waals surface area contributed by atoms with E-state index in [1.54, 1.807) is 0 Å². The molecule has 1 aliphatic heterocycles. The Labute approximate surface area is 62.7 Å². The van der Waals surface area contributed by atoms with Crippen molar-refractivity contribution in [2.24, 2.45) is 10.2 Å². The summed E-state index contributed by atoms with van der Waals surface area (Å²) in [7, 11) is 0. The van der Waals surface area contributed by atoms with Crippen molar-refractivity contribution in [3.8, 4) is 0 Å². The van der Waals surface area contributed by atoms with E-state index in [0.29, 0.717) is 5.11 Å². The molecule has 0 aromatic rings. The van der Waals surface area contributed by atoms with E-state index < -0.39 is 0 Å². The Morgan fingerprint density at radius 2 is 1.60 bits per heavy atom. The minimum atomic E-state index is 0.345. The monoisotopic (exact) mass is 158 g/mol. The Morgan fingerprint density at radius 3 is 2.10 bits per heavy atom. The molecule has 0 aliphatic carbocycles. The van der Waals surface area contributed by atoms with Crippen LogP contribution in [0.5, 0.6) is 0 Å². The number of thiocarbonyl (C=S) groups is 1. The van der Waals surface area contributed by atoms with Gasteiger partial charge in [-0.25, -0.2) is 0 Å². The summed E-state index contributed by atoms with van der Waals surface area (Å²) in [6.07, 6.45) is 2.82. The quantitative estimate of drug-likeness (QED) is 0.321. The lowest BCUT2D eigenvalue weighted by molar-refractivity contribution is 0.885. The van der Waals surface area contributed by atoms with Crippen LogP contribution in [0, 0.1) is 0 Å². The van der Waals surface area contributed by atoms with Gasteiger partial charge in [0.25, 0.3) is 0 Å². The molecule has 0 aromatic heterocycles. The first kappa shape index (κ1) is 6.75. The van der Waals surface area contributed by atoms with Crippen molar-refractivity contribution < 1.29 is 0 Å². The van der Waals surface area contributed by atoms with Crippen LogP contribution in [0.3, 0.4) is 0 Å². The molecule has 1 aliphatic rings. The SMILES string of the molecule is S=C1NN=CNNC=NN1. The van der Waals surface area contributed by atoms with Crippen molar-refractivity contribution in [2.75, 3.05) is 0 Å². The number of hydrogen-bond acceptors (Lipinski definition) is 5. The van der Waals surface area contributed by atoms with E-state index >= 15 is 0 Å². The molecule has 1 heterocycles. The fourth-order valence-corrected chi connectivity index (χ4v) is 0.451. The summed E-state index contributed by atoms with van der Waals surface area (Å²) in [5.41, 5.74) is 10.2. The summed E-state index contributed by atoms with van der Waals surface area (Å²) in [4.78, 5) is 0. The van der Waals surface area contributed by atoms with E-state index in [2.05, 4.69) is 31.9 Å². The Morgan fingerprint density at radius 1 is 1.10 bits per heavy atom. The van der Waals surface area contributed by atoms with Crippen molar-refractivity contribution in [3.63, 3.8) is 0 Å². The largest absolute Gasteiger partial charge is 0.288 e. The molecule has 0 aromatic carbocycles. The molecular weight excluding hydrogens is 152 g/mol. The molecule has 7 heteroatoms. The lowest BCUT2D eigenvalue weighted by Crippen LogP contribution is -2.29. The molecule has 1 rings (SSSR count). The Hall–Kier alpha value is -1.37. The normalized spacial score (nSPS) is 16.6. The van der Waals surface area contributed by atoms with E-state index in [1.165, 1.54) is 12.7 Å². The number of nitrogens with zero attached hydrogens (tertiary/aromatic N) is 2. The molecule has 4 N–H and O–H groups in total. The van der Waals surface area contributed by atoms with Gasteiger partial charge < -0.3 is 0 Å². The molecule has 54 valence electrons. The van der Waals surface area contributed by atoms with Gasteiger partial charge in [-0.15, -0.1) is 0 Å². The van der Waals surface area contributed by atoms with Crippen LogP contribution in [-0.2, 0) is 0 Å². The fraction of sp³-hybridized carbons (Fsp3) is 0. The molecule has 0 unspecified atom stereocenters. The van der Waals surface area contributed by atoms with Crippen LogP contribution >= 0.6 is 12.2 Å². The molecule has 0 amide bonds. The van der Waals surface area contributed by atoms with Crippen LogP contribution in [0.2, 0.25) is 0 Å². The van der Waals surface area contributed by atoms with Crippen molar-refractivity contribution in [3.05, 3.63) is 0 Å². The van der Waals surface area contributed by atoms with Crippen LogP contribution in [0.1, 0.15) is 0 Å². The first-order valence-electron chi connectivity index (χ1n) is 2.50. The molecule has 10 heavy (non-hydrogen) atoms. The fourth-order valence-electron chi connectivity index (χ4n) is 0.346. The van der Waals surface area contributed by atoms with Crippen molar-refractivity contribution in [1.82, 2.24) is 21.7 Å². The van der Waals surface area contributed by atoms with E-state index in [1.807, 2.05) is 0 Å². The van der Waals surface area contributed by atoms with Crippen molar-refractivity contribution >= 4 is 30.0 Å². The molecule has 0 saturated heterocycles. The van der Waals surface area contributed by atoms with Gasteiger partial charge in [0.05, 0.1) is 0 Å². The predicted octanol–water partition coefficient (Wildman–Crippen LogP) is -1.56. The Kier molecular flexibility index (Phi) is 2.44. The second kappa shape index (κ2) is 3.62. The topological polar surface area (TPSA) is 72.8 Å². The first-order valence-corrected chi connectivity index (χ1v) is 2.90. The van der Waals surface area contributed by atoms with Crippen LogP contribution in [0.15, 0.2) is 10.2 Å². The number of nitrogens with one attached hydrogen (secondary N) is 4. The van der Waals surface area contributed by atoms with Gasteiger partial charge >= 0.3 is 0 Å². The summed E-state index contributed by atoms with van der Waals surface area (Å²) in [6, 6.07) is 0. The van der Waals surface area contributed by atoms with Gasteiger partial charge in [0, 0.05) is 0 Å². The Bertz CT molecular complexity index is 156. The molecule has 0 bridgehead atoms. The molecule has 0 fully saturated rings. The second-order valence-electron chi connectivity index (χ2n) is 1.36. The zero-order valence-corrected chi connectivity index (χ0v) is 5.77. The van der Waals surface area contributed by atoms with E-state index in [-0.39, 0.29) is 0 Å². The lowest BCUT2D eigenvalue weighted by Gasteiger charge is -1.96. The van der Waals surface area contributed by atoms with Gasteiger partial charge in [-0.05, 0) is 12.2 Å². The van der Waals surface area contributed by atoms with Gasteiger partial charge in [-0.1, -0.05) is 0 Å². The minimum Gasteiger partial charge on any atom is -0.288 e. The number of hydrazone groups is 2. The summed E-state index contributed by atoms with van der Waals surface area (Å²) >= 11 is 4.71. The minimum absolute atomic E-state index is 0.345. The molecule has 6 nitrogen and oxygen atoms in total. The predicted molar refractivity (Wildman–Crippen MR) is 42.1 cm³/mol. The van der Waals surface area contributed by atoms with Gasteiger partial charge in [0.15, 0.2) is 0 Å². The highest BCUT2D eigenvalue weighted by Crippen LogP contribution is 1.65. The molecule has 0 radical (unpaired) electrons. The maximum absolute atomic E-state index is 4.71. The van der Waals surface area contributed by atoms with Gasteiger partial charge in [0.2, 0.25) is 5.11 Å². The summed E-state index contributed by atoms with van der Waals surface area (Å²) in [6.45, 7) is 0. The number of hydrazine groups is 1. The molecule has 0 spiro atoms. The molecule has 0 saturated carbocycles. The summed E-state index contributed by atoms with van der Waals surface area (Å²) in [5, 5.41) is 7.62. The van der Waals surface area contributed by atoms with Crippen LogP contribution in [-0.4, -0.2) is 17.8 Å². The average molecular weight is 158 g/mol. The van der Waals surface area contributed by atoms with Crippen molar-refractivity contribution in [2.45, 2.75) is 0 Å². The summed E-state index contributed by atoms with van der Waals surface area (Å²) < 4.78 is 0. The van der Waals surface area contributed by atoms with Crippen LogP contribution in [0.4, 0.5) is 0 Å². The first-order chi connectivity index (χ1) is 4.89. The van der Waals surface area contributed by atoms with E-state index in [4.69, 9.17) is 12.2 Å². The zero-order chi connectivity index (χ0) is 7.23. The summed E-state index contributed by atoms with van der Waals surface area (Å²) in [5.74, 6) is 0. The van der Waals surface area contributed by atoms with Crippen LogP contribution < -0.4 is 21.7 Å². The van der Waals surface area contributed by atoms with Gasteiger partial charge in [-0.3, -0.25) is 21.7 Å². The number of rotatable bonds is 0. The highest BCUT2D eigenvalue weighted by Gasteiger charge is 1.87. The van der Waals surface area contributed by atoms with E-state index in [9.17, 15) is 0 Å². The highest BCUT2D eigenvalue weighted by atomic mass is 32.1. The van der Waals surface area contributed by atoms with Gasteiger partial charge in [-0.2, -0.15) is 10.2 Å². The highest BCUT2D eigenvalue weighted by molar-refractivity contribution is 7.80. The third-order valence-corrected chi connectivity index (χ3v) is 0.856. The molecule has 0 atom stereocenters. The standard InChI is InChI=1S/C3H6N6S/c10-3-8-6-1-4-5-2-7-9-3/h1-2H,(H,4,6)(H,5,7)(H2,8,9,10). The Balaban J connectivity index is 2.47. The zero-order valence-electron chi connectivity index (χ0n) is 4.96.